The van der Waals surface area contributed by atoms with Crippen LogP contribution < -0.4 is 10.1 Å². The minimum atomic E-state index is -0.0240. The topological polar surface area (TPSA) is 38.3 Å². The maximum absolute atomic E-state index is 12.3. The Morgan fingerprint density at radius 1 is 1.14 bits per heavy atom. The lowest BCUT2D eigenvalue weighted by Gasteiger charge is -2.09. The van der Waals surface area contributed by atoms with E-state index in [1.807, 2.05) is 31.2 Å². The van der Waals surface area contributed by atoms with Gasteiger partial charge in [-0.1, -0.05) is 22.9 Å². The first-order valence-electron chi connectivity index (χ1n) is 7.04. The minimum absolute atomic E-state index is 0.0240. The van der Waals surface area contributed by atoms with Crippen molar-refractivity contribution in [3.8, 4) is 5.75 Å². The Morgan fingerprint density at radius 3 is 2.32 bits per heavy atom. The summed E-state index contributed by atoms with van der Waals surface area (Å²) < 4.78 is 6.12. The van der Waals surface area contributed by atoms with Gasteiger partial charge in [-0.3, -0.25) is 4.79 Å². The van der Waals surface area contributed by atoms with Crippen molar-refractivity contribution in [1.29, 1.82) is 0 Å². The van der Waals surface area contributed by atoms with E-state index in [-0.39, 0.29) is 5.78 Å². The van der Waals surface area contributed by atoms with E-state index in [9.17, 15) is 4.79 Å². The molecule has 0 heterocycles. The molecule has 0 amide bonds. The number of allylic oxidation sites excluding steroid dienone is 2. The standard InChI is InChI=1S/C18H18BrNO2/c1-3-15(20-16-8-6-14(19)7-9-16)12-18(21)13-4-10-17(22-2)11-5-13/h4-12,20H,3H2,1-2H3/b15-12+. The second-order valence-corrected chi connectivity index (χ2v) is 5.66. The number of halogens is 1. The number of carbonyl (C=O) groups is 1. The Morgan fingerprint density at radius 2 is 1.77 bits per heavy atom. The molecule has 0 bridgehead atoms. The van der Waals surface area contributed by atoms with Crippen molar-refractivity contribution < 1.29 is 9.53 Å². The molecule has 2 aromatic rings. The van der Waals surface area contributed by atoms with E-state index in [1.165, 1.54) is 0 Å². The number of anilines is 1. The number of hydrogen-bond donors (Lipinski definition) is 1. The molecule has 22 heavy (non-hydrogen) atoms. The molecule has 0 spiro atoms. The normalized spacial score (nSPS) is 11.1. The number of benzene rings is 2. The molecule has 2 rings (SSSR count). The summed E-state index contributed by atoms with van der Waals surface area (Å²) in [7, 11) is 1.61. The number of carbonyl (C=O) groups excluding carboxylic acids is 1. The number of ketones is 1. The molecule has 0 fully saturated rings. The van der Waals surface area contributed by atoms with Gasteiger partial charge in [0, 0.05) is 27.5 Å². The number of hydrogen-bond acceptors (Lipinski definition) is 3. The molecule has 0 atom stereocenters. The van der Waals surface area contributed by atoms with Crippen molar-refractivity contribution in [2.75, 3.05) is 12.4 Å². The lowest BCUT2D eigenvalue weighted by atomic mass is 10.1. The van der Waals surface area contributed by atoms with Gasteiger partial charge in [0.1, 0.15) is 5.75 Å². The molecule has 0 aliphatic carbocycles. The third-order valence-electron chi connectivity index (χ3n) is 3.21. The molecule has 4 heteroatoms. The molecule has 0 aliphatic rings. The van der Waals surface area contributed by atoms with Crippen LogP contribution >= 0.6 is 15.9 Å². The zero-order valence-corrected chi connectivity index (χ0v) is 14.2. The van der Waals surface area contributed by atoms with Crippen LogP contribution in [0.1, 0.15) is 23.7 Å². The van der Waals surface area contributed by atoms with Crippen LogP contribution in [0.4, 0.5) is 5.69 Å². The number of nitrogens with one attached hydrogen (secondary N) is 1. The van der Waals surface area contributed by atoms with Crippen LogP contribution in [0.2, 0.25) is 0 Å². The largest absolute Gasteiger partial charge is 0.497 e. The zero-order valence-electron chi connectivity index (χ0n) is 12.6. The summed E-state index contributed by atoms with van der Waals surface area (Å²) in [5.41, 5.74) is 2.48. The van der Waals surface area contributed by atoms with E-state index < -0.39 is 0 Å². The highest BCUT2D eigenvalue weighted by Crippen LogP contribution is 2.18. The lowest BCUT2D eigenvalue weighted by Crippen LogP contribution is -2.03. The minimum Gasteiger partial charge on any atom is -0.497 e. The third kappa shape index (κ3) is 4.46. The predicted octanol–water partition coefficient (Wildman–Crippen LogP) is 5.05. The Labute approximate surface area is 139 Å². The monoisotopic (exact) mass is 359 g/mol. The maximum atomic E-state index is 12.3. The highest BCUT2D eigenvalue weighted by atomic mass is 79.9. The molecule has 0 saturated carbocycles. The van der Waals surface area contributed by atoms with E-state index in [1.54, 1.807) is 37.5 Å². The van der Waals surface area contributed by atoms with Crippen LogP contribution in [0.15, 0.2) is 64.8 Å². The summed E-state index contributed by atoms with van der Waals surface area (Å²) in [5, 5.41) is 3.27. The third-order valence-corrected chi connectivity index (χ3v) is 3.74. The van der Waals surface area contributed by atoms with Gasteiger partial charge in [-0.15, -0.1) is 0 Å². The van der Waals surface area contributed by atoms with E-state index in [0.29, 0.717) is 5.56 Å². The average Bonchev–Trinajstić information content (AvgIpc) is 2.56. The molecule has 1 N–H and O–H groups in total. The molecule has 0 radical (unpaired) electrons. The van der Waals surface area contributed by atoms with Crippen molar-refractivity contribution in [2.24, 2.45) is 0 Å². The second-order valence-electron chi connectivity index (χ2n) is 4.75. The van der Waals surface area contributed by atoms with Crippen molar-refractivity contribution >= 4 is 27.4 Å². The predicted molar refractivity (Wildman–Crippen MR) is 93.5 cm³/mol. The van der Waals surface area contributed by atoms with Gasteiger partial charge < -0.3 is 10.1 Å². The van der Waals surface area contributed by atoms with E-state index in [0.717, 1.165) is 28.0 Å². The van der Waals surface area contributed by atoms with Crippen molar-refractivity contribution in [3.63, 3.8) is 0 Å². The van der Waals surface area contributed by atoms with Gasteiger partial charge in [-0.25, -0.2) is 0 Å². The number of ether oxygens (including phenoxy) is 1. The Kier molecular flexibility index (Phi) is 5.78. The summed E-state index contributed by atoms with van der Waals surface area (Å²) in [5.74, 6) is 0.716. The van der Waals surface area contributed by atoms with Crippen LogP contribution in [0.3, 0.4) is 0 Å². The highest BCUT2D eigenvalue weighted by molar-refractivity contribution is 9.10. The molecule has 0 saturated heterocycles. The summed E-state index contributed by atoms with van der Waals surface area (Å²) in [6.07, 6.45) is 2.39. The fraction of sp³-hybridized carbons (Fsp3) is 0.167. The highest BCUT2D eigenvalue weighted by Gasteiger charge is 2.05. The molecule has 2 aromatic carbocycles. The quantitative estimate of drug-likeness (QED) is 0.579. The van der Waals surface area contributed by atoms with E-state index in [2.05, 4.69) is 21.2 Å². The zero-order chi connectivity index (χ0) is 15.9. The summed E-state index contributed by atoms with van der Waals surface area (Å²) >= 11 is 3.40. The van der Waals surface area contributed by atoms with Gasteiger partial charge in [0.05, 0.1) is 7.11 Å². The number of methoxy groups -OCH3 is 1. The van der Waals surface area contributed by atoms with Gasteiger partial charge >= 0.3 is 0 Å². The Balaban J connectivity index is 2.12. The maximum Gasteiger partial charge on any atom is 0.187 e. The van der Waals surface area contributed by atoms with Crippen LogP contribution in [-0.2, 0) is 0 Å². The average molecular weight is 360 g/mol. The van der Waals surface area contributed by atoms with Gasteiger partial charge in [0.25, 0.3) is 0 Å². The van der Waals surface area contributed by atoms with Gasteiger partial charge in [0.2, 0.25) is 0 Å². The second kappa shape index (κ2) is 7.80. The molecule has 3 nitrogen and oxygen atoms in total. The van der Waals surface area contributed by atoms with Gasteiger partial charge in [0.15, 0.2) is 5.78 Å². The van der Waals surface area contributed by atoms with E-state index >= 15 is 0 Å². The first kappa shape index (κ1) is 16.3. The van der Waals surface area contributed by atoms with Crippen LogP contribution in [0, 0.1) is 0 Å². The lowest BCUT2D eigenvalue weighted by molar-refractivity contribution is 0.104. The molecule has 0 aromatic heterocycles. The van der Waals surface area contributed by atoms with Crippen LogP contribution in [-0.4, -0.2) is 12.9 Å². The van der Waals surface area contributed by atoms with E-state index in [4.69, 9.17) is 4.74 Å². The van der Waals surface area contributed by atoms with Crippen LogP contribution in [0.25, 0.3) is 0 Å². The smallest absolute Gasteiger partial charge is 0.187 e. The first-order valence-corrected chi connectivity index (χ1v) is 7.83. The molecule has 0 unspecified atom stereocenters. The number of rotatable bonds is 6. The van der Waals surface area contributed by atoms with Gasteiger partial charge in [-0.2, -0.15) is 0 Å². The SMILES string of the molecule is CC/C(=C\C(=O)c1ccc(OC)cc1)Nc1ccc(Br)cc1. The first-order chi connectivity index (χ1) is 10.6. The molecule has 0 aliphatic heterocycles. The summed E-state index contributed by atoms with van der Waals surface area (Å²) in [4.78, 5) is 12.3. The summed E-state index contributed by atoms with van der Waals surface area (Å²) in [6.45, 7) is 2.01. The summed E-state index contributed by atoms with van der Waals surface area (Å²) in [6, 6.07) is 15.0. The Bertz CT molecular complexity index is 660. The Hall–Kier alpha value is -2.07. The van der Waals surface area contributed by atoms with Crippen molar-refractivity contribution in [3.05, 3.63) is 70.3 Å². The fourth-order valence-electron chi connectivity index (χ4n) is 1.94. The fourth-order valence-corrected chi connectivity index (χ4v) is 2.21. The molecular formula is C18H18BrNO2. The van der Waals surface area contributed by atoms with Crippen LogP contribution in [0.5, 0.6) is 5.75 Å². The van der Waals surface area contributed by atoms with Gasteiger partial charge in [-0.05, 0) is 55.0 Å². The molecular weight excluding hydrogens is 342 g/mol. The molecule has 114 valence electrons. The van der Waals surface area contributed by atoms with Crippen molar-refractivity contribution in [2.45, 2.75) is 13.3 Å². The van der Waals surface area contributed by atoms with Crippen molar-refractivity contribution in [1.82, 2.24) is 0 Å².